The Labute approximate surface area is 205 Å². The number of hydrogen-bond acceptors (Lipinski definition) is 10. The Morgan fingerprint density at radius 3 is 2.66 bits per heavy atom. The van der Waals surface area contributed by atoms with Crippen LogP contribution in [0, 0.1) is 0 Å². The highest BCUT2D eigenvalue weighted by Gasteiger charge is 2.49. The number of rotatable bonds is 4. The van der Waals surface area contributed by atoms with Gasteiger partial charge in [-0.1, -0.05) is 0 Å². The summed E-state index contributed by atoms with van der Waals surface area (Å²) in [5.74, 6) is 0.890. The van der Waals surface area contributed by atoms with Crippen LogP contribution in [0.25, 0.3) is 21.7 Å². The monoisotopic (exact) mass is 492 g/mol. The van der Waals surface area contributed by atoms with Crippen molar-refractivity contribution in [3.63, 3.8) is 0 Å². The van der Waals surface area contributed by atoms with Gasteiger partial charge in [-0.25, -0.2) is 14.8 Å². The van der Waals surface area contributed by atoms with E-state index >= 15 is 0 Å². The molecule has 0 aliphatic carbocycles. The van der Waals surface area contributed by atoms with E-state index in [0.717, 1.165) is 17.0 Å². The fourth-order valence-corrected chi connectivity index (χ4v) is 5.20. The van der Waals surface area contributed by atoms with Crippen molar-refractivity contribution < 1.29 is 18.7 Å². The highest BCUT2D eigenvalue weighted by Crippen LogP contribution is 2.41. The Bertz CT molecular complexity index is 1360. The van der Waals surface area contributed by atoms with Crippen molar-refractivity contribution in [1.29, 1.82) is 0 Å². The molecule has 0 saturated carbocycles. The van der Waals surface area contributed by atoms with Gasteiger partial charge < -0.3 is 18.8 Å². The average molecular weight is 493 g/mol. The van der Waals surface area contributed by atoms with Crippen molar-refractivity contribution >= 4 is 34.5 Å². The molecule has 180 valence electrons. The Morgan fingerprint density at radius 2 is 1.97 bits per heavy atom. The Morgan fingerprint density at radius 1 is 1.14 bits per heavy atom. The number of anilines is 1. The standard InChI is InChI=1S/C24H24N6O4S/c1-24(2,3)34-23(31)30-14-10-15(30)13-29(12-14)22-28-19-17(32-18-11-25-6-7-26-18)5-4-16(20(19)33-22)21-27-8-9-35-21/h4-9,11,14-15H,10,12-13H2,1-3H3. The van der Waals surface area contributed by atoms with Crippen LogP contribution in [0.2, 0.25) is 0 Å². The molecule has 3 saturated heterocycles. The van der Waals surface area contributed by atoms with Crippen molar-refractivity contribution in [1.82, 2.24) is 24.8 Å². The lowest BCUT2D eigenvalue weighted by molar-refractivity contribution is -0.0386. The van der Waals surface area contributed by atoms with Crippen molar-refractivity contribution in [3.05, 3.63) is 42.3 Å². The summed E-state index contributed by atoms with van der Waals surface area (Å²) in [6.45, 7) is 6.88. The normalized spacial score (nSPS) is 19.5. The summed E-state index contributed by atoms with van der Waals surface area (Å²) in [4.78, 5) is 34.1. The fraction of sp³-hybridized carbons (Fsp3) is 0.375. The maximum atomic E-state index is 12.6. The van der Waals surface area contributed by atoms with Crippen LogP contribution in [-0.2, 0) is 4.74 Å². The first-order chi connectivity index (χ1) is 16.9. The second kappa shape index (κ2) is 8.19. The van der Waals surface area contributed by atoms with Gasteiger partial charge in [-0.2, -0.15) is 4.98 Å². The minimum Gasteiger partial charge on any atom is -0.444 e. The van der Waals surface area contributed by atoms with E-state index in [9.17, 15) is 4.79 Å². The molecule has 2 bridgehead atoms. The second-order valence-corrected chi connectivity index (χ2v) is 10.5. The van der Waals surface area contributed by atoms with E-state index in [4.69, 9.17) is 18.9 Å². The number of fused-ring (bicyclic) bond motifs is 3. The SMILES string of the molecule is CC(C)(C)OC(=O)N1C2CC1CN(c1nc3c(Oc4cnccn4)ccc(-c4nccs4)c3o1)C2. The van der Waals surface area contributed by atoms with Crippen molar-refractivity contribution in [2.45, 2.75) is 44.9 Å². The fourth-order valence-electron chi connectivity index (χ4n) is 4.54. The van der Waals surface area contributed by atoms with Crippen LogP contribution in [0.4, 0.5) is 10.8 Å². The van der Waals surface area contributed by atoms with E-state index < -0.39 is 5.60 Å². The lowest BCUT2D eigenvalue weighted by atomic mass is 9.88. The second-order valence-electron chi connectivity index (χ2n) is 9.60. The molecule has 6 heterocycles. The molecule has 11 heteroatoms. The van der Waals surface area contributed by atoms with Crippen molar-refractivity contribution in [2.24, 2.45) is 0 Å². The summed E-state index contributed by atoms with van der Waals surface area (Å²) in [5.41, 5.74) is 1.51. The molecule has 2 atom stereocenters. The molecule has 0 radical (unpaired) electrons. The molecule has 1 amide bonds. The van der Waals surface area contributed by atoms with Gasteiger partial charge in [0.1, 0.15) is 10.6 Å². The van der Waals surface area contributed by atoms with Gasteiger partial charge in [0.25, 0.3) is 6.01 Å². The maximum Gasteiger partial charge on any atom is 0.410 e. The molecular weight excluding hydrogens is 468 g/mol. The van der Waals surface area contributed by atoms with Crippen LogP contribution in [0.1, 0.15) is 27.2 Å². The molecule has 0 N–H and O–H groups in total. The number of thiazole rings is 1. The van der Waals surface area contributed by atoms with Gasteiger partial charge in [-0.3, -0.25) is 9.88 Å². The van der Waals surface area contributed by atoms with Crippen LogP contribution in [0.15, 0.2) is 46.7 Å². The molecule has 1 aromatic carbocycles. The van der Waals surface area contributed by atoms with E-state index in [0.29, 0.717) is 41.8 Å². The van der Waals surface area contributed by atoms with Crippen LogP contribution in [0.5, 0.6) is 11.6 Å². The van der Waals surface area contributed by atoms with Gasteiger partial charge in [0.15, 0.2) is 16.8 Å². The summed E-state index contributed by atoms with van der Waals surface area (Å²) < 4.78 is 17.9. The lowest BCUT2D eigenvalue weighted by Crippen LogP contribution is -2.70. The molecular formula is C24H24N6O4S. The van der Waals surface area contributed by atoms with Gasteiger partial charge in [0, 0.05) is 37.1 Å². The number of oxazole rings is 1. The minimum absolute atomic E-state index is 0.0624. The molecule has 3 aliphatic heterocycles. The number of nitrogens with zero attached hydrogens (tertiary/aromatic N) is 6. The number of amides is 1. The number of benzene rings is 1. The largest absolute Gasteiger partial charge is 0.444 e. The third kappa shape index (κ3) is 4.05. The number of piperidine rings is 1. The van der Waals surface area contributed by atoms with Crippen LogP contribution < -0.4 is 9.64 Å². The molecule has 10 nitrogen and oxygen atoms in total. The van der Waals surface area contributed by atoms with Crippen LogP contribution in [0.3, 0.4) is 0 Å². The van der Waals surface area contributed by atoms with E-state index in [1.54, 1.807) is 24.8 Å². The van der Waals surface area contributed by atoms with Gasteiger partial charge in [0.05, 0.1) is 23.8 Å². The van der Waals surface area contributed by atoms with E-state index in [2.05, 4.69) is 19.9 Å². The van der Waals surface area contributed by atoms with Gasteiger partial charge in [-0.15, -0.1) is 11.3 Å². The number of carbonyl (C=O) groups excluding carboxylic acids is 1. The summed E-state index contributed by atoms with van der Waals surface area (Å²) in [7, 11) is 0. The van der Waals surface area contributed by atoms with Crippen LogP contribution >= 0.6 is 11.3 Å². The highest BCUT2D eigenvalue weighted by molar-refractivity contribution is 7.13. The summed E-state index contributed by atoms with van der Waals surface area (Å²) in [5, 5.41) is 2.76. The van der Waals surface area contributed by atoms with Gasteiger partial charge in [-0.05, 0) is 39.3 Å². The first kappa shape index (κ1) is 21.8. The van der Waals surface area contributed by atoms with E-state index in [-0.39, 0.29) is 18.2 Å². The Balaban J connectivity index is 1.31. The average Bonchev–Trinajstić information content (AvgIpc) is 3.50. The van der Waals surface area contributed by atoms with E-state index in [1.807, 2.05) is 43.2 Å². The van der Waals surface area contributed by atoms with Crippen LogP contribution in [-0.4, -0.2) is 61.7 Å². The van der Waals surface area contributed by atoms with Gasteiger partial charge in [0.2, 0.25) is 5.88 Å². The zero-order valence-electron chi connectivity index (χ0n) is 19.5. The molecule has 3 aromatic heterocycles. The maximum absolute atomic E-state index is 12.6. The Kier molecular flexibility index (Phi) is 5.10. The number of ether oxygens (including phenoxy) is 2. The molecule has 4 aromatic rings. The first-order valence-electron chi connectivity index (χ1n) is 11.4. The predicted molar refractivity (Wildman–Crippen MR) is 130 cm³/mol. The zero-order valence-corrected chi connectivity index (χ0v) is 20.4. The third-order valence-electron chi connectivity index (χ3n) is 5.98. The van der Waals surface area contributed by atoms with Gasteiger partial charge >= 0.3 is 6.09 Å². The number of hydrogen-bond donors (Lipinski definition) is 0. The number of aromatic nitrogens is 4. The number of piperazine rings is 1. The molecule has 3 aliphatic rings. The molecule has 2 unspecified atom stereocenters. The molecule has 35 heavy (non-hydrogen) atoms. The van der Waals surface area contributed by atoms with Crippen molar-refractivity contribution in [2.75, 3.05) is 18.0 Å². The summed E-state index contributed by atoms with van der Waals surface area (Å²) in [6.07, 6.45) is 7.15. The first-order valence-corrected chi connectivity index (χ1v) is 12.3. The minimum atomic E-state index is -0.521. The Hall–Kier alpha value is -3.73. The predicted octanol–water partition coefficient (Wildman–Crippen LogP) is 4.73. The highest BCUT2D eigenvalue weighted by atomic mass is 32.1. The third-order valence-corrected chi connectivity index (χ3v) is 6.79. The quantitative estimate of drug-likeness (QED) is 0.399. The molecule has 3 fully saturated rings. The number of carbonyl (C=O) groups is 1. The summed E-state index contributed by atoms with van der Waals surface area (Å²) >= 11 is 1.53. The molecule has 7 rings (SSSR count). The van der Waals surface area contributed by atoms with Crippen molar-refractivity contribution in [3.8, 4) is 22.2 Å². The van der Waals surface area contributed by atoms with E-state index in [1.165, 1.54) is 11.3 Å². The smallest absolute Gasteiger partial charge is 0.410 e. The zero-order chi connectivity index (χ0) is 24.2. The lowest BCUT2D eigenvalue weighted by Gasteiger charge is -2.55. The summed E-state index contributed by atoms with van der Waals surface area (Å²) in [6, 6.07) is 4.38. The molecule has 0 spiro atoms. The topological polar surface area (TPSA) is 107 Å².